The van der Waals surface area contributed by atoms with Gasteiger partial charge in [0, 0.05) is 25.8 Å². The number of halogens is 1. The van der Waals surface area contributed by atoms with Crippen molar-refractivity contribution in [2.75, 3.05) is 31.6 Å². The van der Waals surface area contributed by atoms with E-state index in [0.29, 0.717) is 13.1 Å². The van der Waals surface area contributed by atoms with E-state index < -0.39 is 17.8 Å². The second kappa shape index (κ2) is 11.4. The number of nitrogens with zero attached hydrogens (tertiary/aromatic N) is 3. The largest absolute Gasteiger partial charge is 0.443 e. The van der Waals surface area contributed by atoms with Crippen LogP contribution in [-0.4, -0.2) is 54.5 Å². The van der Waals surface area contributed by atoms with E-state index in [2.05, 4.69) is 0 Å². The van der Waals surface area contributed by atoms with Gasteiger partial charge in [-0.05, 0) is 57.5 Å². The Balaban J connectivity index is 2.10. The normalized spacial score (nSPS) is 10.9. The Hall–Kier alpha value is -3.29. The average molecular weight is 446 g/mol. The van der Waals surface area contributed by atoms with Crippen molar-refractivity contribution in [1.29, 1.82) is 0 Å². The van der Waals surface area contributed by atoms with E-state index in [-0.39, 0.29) is 19.0 Å². The number of carbonyl (C=O) groups excluding carboxylic acids is 2. The SMILES string of the molecule is CCN(CCN(C(=O)OC(C)(C)C)N(C)C(=O)OCc1ccccc1)c1ccc(F)cc1. The number of ether oxygens (including phenoxy) is 2. The van der Waals surface area contributed by atoms with E-state index in [9.17, 15) is 14.0 Å². The van der Waals surface area contributed by atoms with Crippen molar-refractivity contribution >= 4 is 17.9 Å². The van der Waals surface area contributed by atoms with Crippen molar-refractivity contribution in [2.24, 2.45) is 0 Å². The Kier molecular flexibility index (Phi) is 8.87. The molecular weight excluding hydrogens is 413 g/mol. The van der Waals surface area contributed by atoms with Crippen molar-refractivity contribution in [3.8, 4) is 0 Å². The van der Waals surface area contributed by atoms with E-state index in [4.69, 9.17) is 9.47 Å². The fourth-order valence-electron chi connectivity index (χ4n) is 2.93. The molecule has 8 heteroatoms. The van der Waals surface area contributed by atoms with Gasteiger partial charge in [-0.1, -0.05) is 30.3 Å². The highest BCUT2D eigenvalue weighted by molar-refractivity contribution is 5.74. The van der Waals surface area contributed by atoms with Gasteiger partial charge >= 0.3 is 12.2 Å². The number of carbonyl (C=O) groups is 2. The molecule has 0 atom stereocenters. The monoisotopic (exact) mass is 445 g/mol. The Morgan fingerprint density at radius 3 is 2.12 bits per heavy atom. The maximum absolute atomic E-state index is 13.3. The Labute approximate surface area is 189 Å². The molecule has 0 aliphatic rings. The first-order valence-corrected chi connectivity index (χ1v) is 10.6. The van der Waals surface area contributed by atoms with Crippen LogP contribution in [0.25, 0.3) is 0 Å². The molecule has 0 aliphatic heterocycles. The van der Waals surface area contributed by atoms with Gasteiger partial charge in [0.05, 0.1) is 6.54 Å². The third-order valence-electron chi connectivity index (χ3n) is 4.59. The molecule has 0 saturated carbocycles. The summed E-state index contributed by atoms with van der Waals surface area (Å²) in [7, 11) is 1.46. The second-order valence-electron chi connectivity index (χ2n) is 8.22. The molecule has 2 aromatic carbocycles. The van der Waals surface area contributed by atoms with Crippen molar-refractivity contribution in [2.45, 2.75) is 39.9 Å². The fourth-order valence-corrected chi connectivity index (χ4v) is 2.93. The zero-order valence-electron chi connectivity index (χ0n) is 19.4. The quantitative estimate of drug-likeness (QED) is 0.557. The van der Waals surface area contributed by atoms with Crippen molar-refractivity contribution in [3.63, 3.8) is 0 Å². The van der Waals surface area contributed by atoms with Gasteiger partial charge in [0.15, 0.2) is 0 Å². The number of benzene rings is 2. The first kappa shape index (κ1) is 25.0. The highest BCUT2D eigenvalue weighted by Gasteiger charge is 2.29. The number of hydrogen-bond acceptors (Lipinski definition) is 5. The molecule has 0 bridgehead atoms. The summed E-state index contributed by atoms with van der Waals surface area (Å²) in [6, 6.07) is 15.4. The maximum Gasteiger partial charge on any atom is 0.429 e. The van der Waals surface area contributed by atoms with Crippen LogP contribution in [0.2, 0.25) is 0 Å². The minimum atomic E-state index is -0.731. The summed E-state index contributed by atoms with van der Waals surface area (Å²) in [6.45, 7) is 8.52. The van der Waals surface area contributed by atoms with Crippen LogP contribution in [0.15, 0.2) is 54.6 Å². The van der Waals surface area contributed by atoms with Gasteiger partial charge in [-0.3, -0.25) is 0 Å². The predicted octanol–water partition coefficient (Wildman–Crippen LogP) is 5.07. The maximum atomic E-state index is 13.3. The molecule has 0 saturated heterocycles. The van der Waals surface area contributed by atoms with E-state index in [0.717, 1.165) is 16.3 Å². The first-order valence-electron chi connectivity index (χ1n) is 10.6. The third-order valence-corrected chi connectivity index (χ3v) is 4.59. The molecule has 174 valence electrons. The lowest BCUT2D eigenvalue weighted by Crippen LogP contribution is -2.52. The Bertz CT molecular complexity index is 869. The Morgan fingerprint density at radius 1 is 0.938 bits per heavy atom. The lowest BCUT2D eigenvalue weighted by Gasteiger charge is -2.34. The number of rotatable bonds is 7. The molecule has 0 radical (unpaired) electrons. The third kappa shape index (κ3) is 7.76. The molecule has 0 fully saturated rings. The number of anilines is 1. The molecule has 0 unspecified atom stereocenters. The van der Waals surface area contributed by atoms with Crippen molar-refractivity contribution in [3.05, 3.63) is 66.0 Å². The van der Waals surface area contributed by atoms with Gasteiger partial charge in [-0.15, -0.1) is 0 Å². The van der Waals surface area contributed by atoms with E-state index >= 15 is 0 Å². The van der Waals surface area contributed by atoms with Gasteiger partial charge in [0.25, 0.3) is 0 Å². The summed E-state index contributed by atoms with van der Waals surface area (Å²) >= 11 is 0. The van der Waals surface area contributed by atoms with Crippen LogP contribution >= 0.6 is 0 Å². The van der Waals surface area contributed by atoms with Gasteiger partial charge in [0.1, 0.15) is 18.0 Å². The molecule has 2 aromatic rings. The molecule has 0 N–H and O–H groups in total. The molecule has 0 aromatic heterocycles. The van der Waals surface area contributed by atoms with Crippen LogP contribution in [0.5, 0.6) is 0 Å². The molecule has 0 heterocycles. The minimum absolute atomic E-state index is 0.0861. The summed E-state index contributed by atoms with van der Waals surface area (Å²) in [5.41, 5.74) is 0.921. The molecule has 2 rings (SSSR count). The lowest BCUT2D eigenvalue weighted by molar-refractivity contribution is -0.0366. The molecule has 32 heavy (non-hydrogen) atoms. The van der Waals surface area contributed by atoms with Gasteiger partial charge in [0.2, 0.25) is 0 Å². The minimum Gasteiger partial charge on any atom is -0.443 e. The second-order valence-corrected chi connectivity index (χ2v) is 8.22. The van der Waals surface area contributed by atoms with Gasteiger partial charge < -0.3 is 14.4 Å². The smallest absolute Gasteiger partial charge is 0.429 e. The van der Waals surface area contributed by atoms with Crippen LogP contribution in [0.4, 0.5) is 19.7 Å². The van der Waals surface area contributed by atoms with Crippen molar-refractivity contribution < 1.29 is 23.5 Å². The average Bonchev–Trinajstić information content (AvgIpc) is 2.75. The van der Waals surface area contributed by atoms with E-state index in [1.54, 1.807) is 32.9 Å². The number of likely N-dealkylation sites (N-methyl/N-ethyl adjacent to an activating group) is 1. The van der Waals surface area contributed by atoms with Crippen LogP contribution < -0.4 is 4.90 Å². The molecule has 0 spiro atoms. The summed E-state index contributed by atoms with van der Waals surface area (Å²) in [5.74, 6) is -0.318. The van der Waals surface area contributed by atoms with Gasteiger partial charge in [-0.25, -0.2) is 24.0 Å². The summed E-state index contributed by atoms with van der Waals surface area (Å²) in [4.78, 5) is 27.5. The van der Waals surface area contributed by atoms with Crippen LogP contribution in [0.1, 0.15) is 33.3 Å². The summed E-state index contributed by atoms with van der Waals surface area (Å²) in [6.07, 6.45) is -1.34. The first-order chi connectivity index (χ1) is 15.1. The zero-order valence-corrected chi connectivity index (χ0v) is 19.4. The van der Waals surface area contributed by atoms with Crippen LogP contribution in [-0.2, 0) is 16.1 Å². The van der Waals surface area contributed by atoms with Gasteiger partial charge in [-0.2, -0.15) is 0 Å². The fraction of sp³-hybridized carbons (Fsp3) is 0.417. The molecule has 0 aliphatic carbocycles. The summed E-state index contributed by atoms with van der Waals surface area (Å²) < 4.78 is 24.1. The van der Waals surface area contributed by atoms with E-state index in [1.807, 2.05) is 42.2 Å². The highest BCUT2D eigenvalue weighted by Crippen LogP contribution is 2.16. The molecule has 7 nitrogen and oxygen atoms in total. The number of hydrazine groups is 1. The summed E-state index contributed by atoms with van der Waals surface area (Å²) in [5, 5.41) is 2.33. The van der Waals surface area contributed by atoms with Crippen molar-refractivity contribution in [1.82, 2.24) is 10.0 Å². The topological polar surface area (TPSA) is 62.3 Å². The zero-order chi connectivity index (χ0) is 23.7. The molecular formula is C24H32FN3O4. The highest BCUT2D eigenvalue weighted by atomic mass is 19.1. The standard InChI is InChI=1S/C24H32FN3O4/c1-6-27(21-14-12-20(25)13-15-21)16-17-28(23(30)32-24(2,3)4)26(5)22(29)31-18-19-10-8-7-9-11-19/h7-15H,6,16-18H2,1-5H3. The van der Waals surface area contributed by atoms with Crippen LogP contribution in [0.3, 0.4) is 0 Å². The number of amides is 2. The lowest BCUT2D eigenvalue weighted by atomic mass is 10.2. The predicted molar refractivity (Wildman–Crippen MR) is 122 cm³/mol. The van der Waals surface area contributed by atoms with E-state index in [1.165, 1.54) is 24.2 Å². The van der Waals surface area contributed by atoms with Crippen LogP contribution in [0, 0.1) is 5.82 Å². The Morgan fingerprint density at radius 2 is 1.56 bits per heavy atom. The molecule has 2 amide bonds. The number of hydrogen-bond donors (Lipinski definition) is 0.